The van der Waals surface area contributed by atoms with E-state index >= 15 is 0 Å². The van der Waals surface area contributed by atoms with Crippen molar-refractivity contribution in [1.82, 2.24) is 19.8 Å². The maximum atomic E-state index is 13.8. The van der Waals surface area contributed by atoms with Gasteiger partial charge in [0.1, 0.15) is 17.6 Å². The molecule has 3 aliphatic carbocycles. The Morgan fingerprint density at radius 1 is 1.17 bits per heavy atom. The molecule has 7 aliphatic rings. The number of amides is 1. The van der Waals surface area contributed by atoms with E-state index < -0.39 is 0 Å². The second-order valence-electron chi connectivity index (χ2n) is 11.7. The van der Waals surface area contributed by atoms with E-state index in [1.165, 1.54) is 42.9 Å². The molecule has 3 saturated heterocycles. The molecular weight excluding hydrogens is 442 g/mol. The Balaban J connectivity index is 1.29. The summed E-state index contributed by atoms with van der Waals surface area (Å²) >= 11 is 0. The van der Waals surface area contributed by atoms with Crippen LogP contribution in [-0.2, 0) is 11.8 Å². The first-order valence-corrected chi connectivity index (χ1v) is 13.2. The minimum atomic E-state index is -0.154. The van der Waals surface area contributed by atoms with E-state index in [9.17, 15) is 9.90 Å². The fourth-order valence-corrected chi connectivity index (χ4v) is 8.87. The van der Waals surface area contributed by atoms with Crippen LogP contribution in [0.4, 0.5) is 5.82 Å². The van der Waals surface area contributed by atoms with E-state index in [1.54, 1.807) is 0 Å². The number of benzene rings is 1. The minimum absolute atomic E-state index is 0.0454. The summed E-state index contributed by atoms with van der Waals surface area (Å²) in [5, 5.41) is 10.9. The molecule has 5 atom stereocenters. The summed E-state index contributed by atoms with van der Waals surface area (Å²) < 4.78 is 6.76. The van der Waals surface area contributed by atoms with Crippen LogP contribution in [-0.4, -0.2) is 68.6 Å². The molecule has 182 valence electrons. The largest absolute Gasteiger partial charge is 0.504 e. The second-order valence-corrected chi connectivity index (χ2v) is 11.7. The molecule has 1 amide bonds. The SMILES string of the molecule is Nc1cncc(C(=O)N2CC[C@@]34CC[C@@H]2[C@@H]2Oc5c(O)ccc6c5[C@@]23CCN(CC2CC2)[C@H]4C6)n1. The lowest BCUT2D eigenvalue weighted by Gasteiger charge is -2.66. The highest BCUT2D eigenvalue weighted by Crippen LogP contribution is 2.71. The molecule has 0 radical (unpaired) electrons. The molecule has 2 spiro atoms. The van der Waals surface area contributed by atoms with Gasteiger partial charge in [0, 0.05) is 35.5 Å². The van der Waals surface area contributed by atoms with E-state index in [-0.39, 0.29) is 40.5 Å². The number of nitrogens with two attached hydrogens (primary N) is 1. The van der Waals surface area contributed by atoms with Crippen molar-refractivity contribution in [3.05, 3.63) is 41.3 Å². The number of aromatic hydroxyl groups is 1. The van der Waals surface area contributed by atoms with Gasteiger partial charge in [-0.2, -0.15) is 0 Å². The van der Waals surface area contributed by atoms with Gasteiger partial charge in [-0.05, 0) is 69.0 Å². The van der Waals surface area contributed by atoms with E-state index in [2.05, 4.69) is 20.9 Å². The number of phenols is 1. The van der Waals surface area contributed by atoms with Crippen molar-refractivity contribution in [2.45, 2.75) is 68.5 Å². The Labute approximate surface area is 204 Å². The predicted octanol–water partition coefficient (Wildman–Crippen LogP) is 2.50. The average Bonchev–Trinajstić information content (AvgIpc) is 3.64. The van der Waals surface area contributed by atoms with Gasteiger partial charge in [0.15, 0.2) is 11.5 Å². The van der Waals surface area contributed by atoms with Crippen molar-refractivity contribution >= 4 is 11.7 Å². The summed E-state index contributed by atoms with van der Waals surface area (Å²) in [5.41, 5.74) is 8.65. The number of aromatic nitrogens is 2. The number of nitrogen functional groups attached to an aromatic ring is 1. The number of rotatable bonds is 3. The first-order valence-electron chi connectivity index (χ1n) is 13.2. The predicted molar refractivity (Wildman–Crippen MR) is 128 cm³/mol. The molecule has 8 nitrogen and oxygen atoms in total. The van der Waals surface area contributed by atoms with Crippen LogP contribution in [0.25, 0.3) is 0 Å². The third-order valence-electron chi connectivity index (χ3n) is 10.3. The molecule has 2 aromatic rings. The molecule has 1 aromatic heterocycles. The van der Waals surface area contributed by atoms with E-state index in [0.29, 0.717) is 24.0 Å². The second kappa shape index (κ2) is 6.66. The van der Waals surface area contributed by atoms with Crippen LogP contribution >= 0.6 is 0 Å². The zero-order chi connectivity index (χ0) is 23.5. The Kier molecular flexibility index (Phi) is 3.87. The van der Waals surface area contributed by atoms with Crippen molar-refractivity contribution in [1.29, 1.82) is 0 Å². The van der Waals surface area contributed by atoms with Crippen LogP contribution in [0.2, 0.25) is 0 Å². The zero-order valence-electron chi connectivity index (χ0n) is 19.8. The van der Waals surface area contributed by atoms with Gasteiger partial charge in [-0.25, -0.2) is 4.98 Å². The van der Waals surface area contributed by atoms with Gasteiger partial charge >= 0.3 is 0 Å². The topological polar surface area (TPSA) is 105 Å². The monoisotopic (exact) mass is 473 g/mol. The van der Waals surface area contributed by atoms with Gasteiger partial charge in [-0.3, -0.25) is 14.7 Å². The molecular formula is C27H31N5O3. The fraction of sp³-hybridized carbons (Fsp3) is 0.593. The van der Waals surface area contributed by atoms with E-state index in [0.717, 1.165) is 44.6 Å². The lowest BCUT2D eigenvalue weighted by molar-refractivity contribution is -0.129. The van der Waals surface area contributed by atoms with Crippen molar-refractivity contribution < 1.29 is 14.6 Å². The van der Waals surface area contributed by atoms with Crippen LogP contribution in [0.5, 0.6) is 11.5 Å². The maximum Gasteiger partial charge on any atom is 0.274 e. The molecule has 5 heterocycles. The third-order valence-corrected chi connectivity index (χ3v) is 10.3. The summed E-state index contributed by atoms with van der Waals surface area (Å²) in [4.78, 5) is 27.0. The number of likely N-dealkylation sites (tertiary alicyclic amines) is 1. The number of phenolic OH excluding ortho intramolecular Hbond substituents is 1. The standard InChI is InChI=1S/C27H31N5O3/c28-21-13-29-12-17(30-21)25(34)32-10-7-26-6-5-18(32)24-27(26)8-9-31(14-15-1-2-15)20(26)11-16-3-4-19(33)23(35-24)22(16)27/h3-4,12-13,15,18,20,24,33H,1-2,5-11,14H2,(H2,28,30)/t18-,20+,24+,26-,27+/m1/s1. The van der Waals surface area contributed by atoms with E-state index in [1.807, 2.05) is 11.0 Å². The number of hydrogen-bond acceptors (Lipinski definition) is 7. The Morgan fingerprint density at radius 2 is 2.06 bits per heavy atom. The van der Waals surface area contributed by atoms with Crippen LogP contribution in [0.1, 0.15) is 60.1 Å². The Hall–Kier alpha value is -2.87. The quantitative estimate of drug-likeness (QED) is 0.706. The third kappa shape index (κ3) is 2.44. The lowest BCUT2D eigenvalue weighted by Crippen LogP contribution is -2.72. The molecule has 5 fully saturated rings. The molecule has 8 heteroatoms. The first kappa shape index (κ1) is 20.3. The number of ether oxygens (including phenoxy) is 1. The van der Waals surface area contributed by atoms with Crippen molar-refractivity contribution in [3.8, 4) is 11.5 Å². The molecule has 4 bridgehead atoms. The summed E-state index contributed by atoms with van der Waals surface area (Å²) in [6.07, 6.45) is 10.5. The van der Waals surface area contributed by atoms with Crippen molar-refractivity contribution in [3.63, 3.8) is 0 Å². The Bertz CT molecular complexity index is 1260. The van der Waals surface area contributed by atoms with Crippen molar-refractivity contribution in [2.24, 2.45) is 11.3 Å². The highest BCUT2D eigenvalue weighted by atomic mass is 16.5. The number of carbonyl (C=O) groups excluding carboxylic acids is 1. The number of carbonyl (C=O) groups is 1. The summed E-state index contributed by atoms with van der Waals surface area (Å²) in [6, 6.07) is 4.33. The molecule has 35 heavy (non-hydrogen) atoms. The summed E-state index contributed by atoms with van der Waals surface area (Å²) in [7, 11) is 0. The molecule has 9 rings (SSSR count). The molecule has 0 unspecified atom stereocenters. The molecule has 4 aliphatic heterocycles. The van der Waals surface area contributed by atoms with Crippen LogP contribution in [0.15, 0.2) is 24.5 Å². The number of anilines is 1. The zero-order valence-corrected chi connectivity index (χ0v) is 19.8. The number of hydrogen-bond donors (Lipinski definition) is 2. The number of piperidine rings is 1. The maximum absolute atomic E-state index is 13.8. The highest BCUT2D eigenvalue weighted by molar-refractivity contribution is 5.92. The van der Waals surface area contributed by atoms with Gasteiger partial charge in [0.05, 0.1) is 18.4 Å². The van der Waals surface area contributed by atoms with Crippen LogP contribution in [0.3, 0.4) is 0 Å². The van der Waals surface area contributed by atoms with Gasteiger partial charge in [0.2, 0.25) is 0 Å². The normalized spacial score (nSPS) is 36.5. The molecule has 3 N–H and O–H groups in total. The molecule has 1 aromatic carbocycles. The van der Waals surface area contributed by atoms with Gasteiger partial charge in [-0.15, -0.1) is 0 Å². The van der Waals surface area contributed by atoms with Gasteiger partial charge in [0.25, 0.3) is 5.91 Å². The van der Waals surface area contributed by atoms with Gasteiger partial charge < -0.3 is 20.5 Å². The Morgan fingerprint density at radius 3 is 2.89 bits per heavy atom. The number of fused-ring (bicyclic) bond motifs is 3. The first-order chi connectivity index (χ1) is 17.0. The smallest absolute Gasteiger partial charge is 0.274 e. The lowest BCUT2D eigenvalue weighted by atomic mass is 9.42. The fourth-order valence-electron chi connectivity index (χ4n) is 8.87. The van der Waals surface area contributed by atoms with Gasteiger partial charge in [-0.1, -0.05) is 6.07 Å². The van der Waals surface area contributed by atoms with Crippen LogP contribution in [0, 0.1) is 11.3 Å². The molecule has 2 saturated carbocycles. The van der Waals surface area contributed by atoms with Crippen molar-refractivity contribution in [2.75, 3.05) is 25.4 Å². The summed E-state index contributed by atoms with van der Waals surface area (Å²) in [6.45, 7) is 2.96. The number of nitrogens with zero attached hydrogens (tertiary/aromatic N) is 4. The highest BCUT2D eigenvalue weighted by Gasteiger charge is 2.74. The minimum Gasteiger partial charge on any atom is -0.504 e. The average molecular weight is 474 g/mol. The van der Waals surface area contributed by atoms with Crippen LogP contribution < -0.4 is 10.5 Å². The summed E-state index contributed by atoms with van der Waals surface area (Å²) in [5.74, 6) is 1.90. The van der Waals surface area contributed by atoms with E-state index in [4.69, 9.17) is 10.5 Å².